The zero-order valence-corrected chi connectivity index (χ0v) is 10.5. The van der Waals surface area contributed by atoms with Crippen LogP contribution in [0.3, 0.4) is 0 Å². The van der Waals surface area contributed by atoms with E-state index in [1.807, 2.05) is 12.1 Å². The van der Waals surface area contributed by atoms with Gasteiger partial charge in [0.2, 0.25) is 0 Å². The summed E-state index contributed by atoms with van der Waals surface area (Å²) in [5, 5.41) is 5.95. The lowest BCUT2D eigenvalue weighted by molar-refractivity contribution is -0.123. The van der Waals surface area contributed by atoms with Crippen molar-refractivity contribution in [1.29, 1.82) is 0 Å². The fourth-order valence-corrected chi connectivity index (χ4v) is 2.22. The zero-order valence-electron chi connectivity index (χ0n) is 8.09. The third-order valence-corrected chi connectivity index (χ3v) is 3.51. The molecule has 1 aliphatic heterocycles. The SMILES string of the molecule is O=C1CSC(=S)N1/N=C\c1ccc(Cl)cc1. The smallest absolute Gasteiger partial charge is 0.259 e. The van der Waals surface area contributed by atoms with Crippen molar-refractivity contribution in [3.05, 3.63) is 34.9 Å². The van der Waals surface area contributed by atoms with Crippen LogP contribution in [0.15, 0.2) is 29.4 Å². The number of thioether (sulfide) groups is 1. The Labute approximate surface area is 107 Å². The zero-order chi connectivity index (χ0) is 11.5. The lowest BCUT2D eigenvalue weighted by atomic mass is 10.2. The number of benzene rings is 1. The molecule has 1 fully saturated rings. The number of thiocarbonyl (C=S) groups is 1. The second kappa shape index (κ2) is 4.95. The summed E-state index contributed by atoms with van der Waals surface area (Å²) in [6, 6.07) is 7.18. The first-order valence-corrected chi connectivity index (χ1v) is 6.23. The molecule has 0 aliphatic carbocycles. The minimum Gasteiger partial charge on any atom is -0.272 e. The van der Waals surface area contributed by atoms with Gasteiger partial charge in [-0.2, -0.15) is 10.1 Å². The van der Waals surface area contributed by atoms with Gasteiger partial charge in [-0.3, -0.25) is 4.79 Å². The van der Waals surface area contributed by atoms with Crippen LogP contribution in [-0.2, 0) is 4.79 Å². The number of nitrogens with zero attached hydrogens (tertiary/aromatic N) is 2. The van der Waals surface area contributed by atoms with Gasteiger partial charge in [0.15, 0.2) is 4.32 Å². The molecule has 1 heterocycles. The molecule has 1 aromatic rings. The average molecular weight is 271 g/mol. The van der Waals surface area contributed by atoms with Crippen LogP contribution in [-0.4, -0.2) is 27.2 Å². The summed E-state index contributed by atoms with van der Waals surface area (Å²) in [5.41, 5.74) is 0.872. The number of carbonyl (C=O) groups excluding carboxylic acids is 1. The quantitative estimate of drug-likeness (QED) is 0.612. The van der Waals surface area contributed by atoms with E-state index in [2.05, 4.69) is 5.10 Å². The van der Waals surface area contributed by atoms with E-state index >= 15 is 0 Å². The molecule has 0 bridgehead atoms. The highest BCUT2D eigenvalue weighted by Crippen LogP contribution is 2.19. The summed E-state index contributed by atoms with van der Waals surface area (Å²) in [4.78, 5) is 11.3. The van der Waals surface area contributed by atoms with Gasteiger partial charge < -0.3 is 0 Å². The fourth-order valence-electron chi connectivity index (χ4n) is 1.13. The molecule has 0 saturated carbocycles. The fraction of sp³-hybridized carbons (Fsp3) is 0.100. The topological polar surface area (TPSA) is 32.7 Å². The maximum absolute atomic E-state index is 11.3. The van der Waals surface area contributed by atoms with Crippen LogP contribution in [0.2, 0.25) is 5.02 Å². The Morgan fingerprint density at radius 3 is 2.69 bits per heavy atom. The van der Waals surface area contributed by atoms with Crippen molar-refractivity contribution in [1.82, 2.24) is 5.01 Å². The van der Waals surface area contributed by atoms with E-state index in [1.165, 1.54) is 16.8 Å². The van der Waals surface area contributed by atoms with E-state index in [4.69, 9.17) is 23.8 Å². The van der Waals surface area contributed by atoms with Gasteiger partial charge >= 0.3 is 0 Å². The maximum Gasteiger partial charge on any atom is 0.259 e. The van der Waals surface area contributed by atoms with Crippen LogP contribution in [0.5, 0.6) is 0 Å². The van der Waals surface area contributed by atoms with Crippen molar-refractivity contribution < 1.29 is 4.79 Å². The van der Waals surface area contributed by atoms with Crippen LogP contribution < -0.4 is 0 Å². The summed E-state index contributed by atoms with van der Waals surface area (Å²) < 4.78 is 0.496. The molecule has 1 aromatic carbocycles. The van der Waals surface area contributed by atoms with E-state index < -0.39 is 0 Å². The van der Waals surface area contributed by atoms with Crippen LogP contribution in [0.4, 0.5) is 0 Å². The molecule has 3 nitrogen and oxygen atoms in total. The highest BCUT2D eigenvalue weighted by atomic mass is 35.5. The van der Waals surface area contributed by atoms with Crippen molar-refractivity contribution in [3.63, 3.8) is 0 Å². The molecule has 1 aliphatic rings. The van der Waals surface area contributed by atoms with Gasteiger partial charge in [-0.25, -0.2) is 0 Å². The minimum absolute atomic E-state index is 0.0831. The van der Waals surface area contributed by atoms with Gasteiger partial charge in [-0.1, -0.05) is 47.7 Å². The maximum atomic E-state index is 11.3. The normalized spacial score (nSPS) is 16.4. The lowest BCUT2D eigenvalue weighted by Gasteiger charge is -2.06. The Morgan fingerprint density at radius 2 is 2.12 bits per heavy atom. The number of hydrazone groups is 1. The number of carbonyl (C=O) groups is 1. The Bertz CT molecular complexity index is 442. The van der Waals surface area contributed by atoms with E-state index in [0.717, 1.165) is 5.56 Å². The van der Waals surface area contributed by atoms with Gasteiger partial charge in [0.05, 0.1) is 12.0 Å². The highest BCUT2D eigenvalue weighted by molar-refractivity contribution is 8.23. The lowest BCUT2D eigenvalue weighted by Crippen LogP contribution is -2.22. The molecule has 1 amide bonds. The molecule has 0 N–H and O–H groups in total. The molecule has 0 atom stereocenters. The first-order valence-electron chi connectivity index (χ1n) is 4.46. The molecule has 16 heavy (non-hydrogen) atoms. The summed E-state index contributed by atoms with van der Waals surface area (Å²) >= 11 is 12.1. The van der Waals surface area contributed by atoms with Crippen LogP contribution in [0.1, 0.15) is 5.56 Å². The van der Waals surface area contributed by atoms with E-state index in [1.54, 1.807) is 18.3 Å². The van der Waals surface area contributed by atoms with E-state index in [9.17, 15) is 4.79 Å². The number of halogens is 1. The van der Waals surface area contributed by atoms with Crippen molar-refractivity contribution in [3.8, 4) is 0 Å². The van der Waals surface area contributed by atoms with Crippen LogP contribution in [0, 0.1) is 0 Å². The first-order chi connectivity index (χ1) is 7.66. The number of hydrogen-bond acceptors (Lipinski definition) is 4. The van der Waals surface area contributed by atoms with Crippen molar-refractivity contribution in [2.75, 3.05) is 5.75 Å². The number of hydrogen-bond donors (Lipinski definition) is 0. The van der Waals surface area contributed by atoms with E-state index in [0.29, 0.717) is 15.1 Å². The Balaban J connectivity index is 2.12. The molecule has 0 unspecified atom stereocenters. The Morgan fingerprint density at radius 1 is 1.44 bits per heavy atom. The molecule has 2 rings (SSSR count). The summed E-state index contributed by atoms with van der Waals surface area (Å²) in [5.74, 6) is 0.289. The largest absolute Gasteiger partial charge is 0.272 e. The summed E-state index contributed by atoms with van der Waals surface area (Å²) in [6.07, 6.45) is 1.59. The van der Waals surface area contributed by atoms with Crippen molar-refractivity contribution in [2.24, 2.45) is 5.10 Å². The third-order valence-electron chi connectivity index (χ3n) is 1.92. The van der Waals surface area contributed by atoms with Gasteiger partial charge in [0.25, 0.3) is 5.91 Å². The Kier molecular flexibility index (Phi) is 3.58. The third kappa shape index (κ3) is 2.61. The molecule has 0 spiro atoms. The van der Waals surface area contributed by atoms with Gasteiger partial charge in [0, 0.05) is 5.02 Å². The molecule has 1 saturated heterocycles. The summed E-state index contributed by atoms with van der Waals surface area (Å²) in [6.45, 7) is 0. The molecular formula is C10H7ClN2OS2. The van der Waals surface area contributed by atoms with E-state index in [-0.39, 0.29) is 5.91 Å². The summed E-state index contributed by atoms with van der Waals surface area (Å²) in [7, 11) is 0. The predicted molar refractivity (Wildman–Crippen MR) is 70.9 cm³/mol. The number of rotatable bonds is 2. The standard InChI is InChI=1S/C10H7ClN2OS2/c11-8-3-1-7(2-4-8)5-12-13-9(14)6-16-10(13)15/h1-5H,6H2/b12-5-. The van der Waals surface area contributed by atoms with Gasteiger partial charge in [0.1, 0.15) is 0 Å². The molecule has 6 heteroatoms. The molecule has 0 radical (unpaired) electrons. The van der Waals surface area contributed by atoms with Gasteiger partial charge in [-0.05, 0) is 17.7 Å². The average Bonchev–Trinajstić information content (AvgIpc) is 2.59. The van der Waals surface area contributed by atoms with Crippen molar-refractivity contribution in [2.45, 2.75) is 0 Å². The predicted octanol–water partition coefficient (Wildman–Crippen LogP) is 2.53. The minimum atomic E-state index is -0.0831. The van der Waals surface area contributed by atoms with Crippen molar-refractivity contribution >= 4 is 52.0 Å². The van der Waals surface area contributed by atoms with Gasteiger partial charge in [-0.15, -0.1) is 0 Å². The number of amides is 1. The molecular weight excluding hydrogens is 264 g/mol. The first kappa shape index (κ1) is 11.6. The second-order valence-electron chi connectivity index (χ2n) is 3.06. The second-order valence-corrected chi connectivity index (χ2v) is 5.10. The molecule has 0 aromatic heterocycles. The van der Waals surface area contributed by atoms with Crippen LogP contribution in [0.25, 0.3) is 0 Å². The highest BCUT2D eigenvalue weighted by Gasteiger charge is 2.25. The monoisotopic (exact) mass is 270 g/mol. The van der Waals surface area contributed by atoms with Crippen LogP contribution >= 0.6 is 35.6 Å². The molecule has 82 valence electrons. The Hall–Kier alpha value is -0.910.